The van der Waals surface area contributed by atoms with Crippen LogP contribution in [0.3, 0.4) is 0 Å². The second kappa shape index (κ2) is 6.89. The fourth-order valence-corrected chi connectivity index (χ4v) is 2.46. The number of aryl methyl sites for hydroxylation is 1. The lowest BCUT2D eigenvalue weighted by Gasteiger charge is -2.18. The van der Waals surface area contributed by atoms with Crippen LogP contribution in [0.1, 0.15) is 22.7 Å². The van der Waals surface area contributed by atoms with E-state index in [4.69, 9.17) is 22.2 Å². The van der Waals surface area contributed by atoms with Crippen molar-refractivity contribution in [3.8, 4) is 5.75 Å². The van der Waals surface area contributed by atoms with Crippen molar-refractivity contribution < 1.29 is 9.13 Å². The summed E-state index contributed by atoms with van der Waals surface area (Å²) in [4.78, 5) is 0. The van der Waals surface area contributed by atoms with Gasteiger partial charge in [0.25, 0.3) is 0 Å². The first-order chi connectivity index (χ1) is 10.1. The van der Waals surface area contributed by atoms with Gasteiger partial charge in [0.1, 0.15) is 11.6 Å². The molecule has 3 N–H and O–H groups in total. The molecule has 0 aliphatic rings. The van der Waals surface area contributed by atoms with Gasteiger partial charge < -0.3 is 4.74 Å². The smallest absolute Gasteiger partial charge is 0.142 e. The number of nitrogens with two attached hydrogens (primary N) is 1. The molecule has 2 rings (SSSR count). The van der Waals surface area contributed by atoms with E-state index in [1.54, 1.807) is 19.2 Å². The molecule has 0 aromatic heterocycles. The Labute approximate surface area is 128 Å². The lowest BCUT2D eigenvalue weighted by atomic mass is 9.98. The molecular formula is C16H18ClFN2O. The Hall–Kier alpha value is -1.62. The molecule has 0 fully saturated rings. The molecule has 2 aromatic carbocycles. The first-order valence-corrected chi connectivity index (χ1v) is 6.98. The second-order valence-electron chi connectivity index (χ2n) is 4.87. The molecule has 0 spiro atoms. The quantitative estimate of drug-likeness (QED) is 0.656. The van der Waals surface area contributed by atoms with Gasteiger partial charge in [-0.25, -0.2) is 4.39 Å². The predicted molar refractivity (Wildman–Crippen MR) is 82.9 cm³/mol. The summed E-state index contributed by atoms with van der Waals surface area (Å²) in [5.74, 6) is 6.01. The van der Waals surface area contributed by atoms with E-state index in [-0.39, 0.29) is 11.1 Å². The molecular weight excluding hydrogens is 291 g/mol. The first-order valence-electron chi connectivity index (χ1n) is 6.60. The molecule has 112 valence electrons. The second-order valence-corrected chi connectivity index (χ2v) is 5.24. The van der Waals surface area contributed by atoms with Crippen molar-refractivity contribution in [1.29, 1.82) is 0 Å². The molecule has 0 heterocycles. The third kappa shape index (κ3) is 3.53. The van der Waals surface area contributed by atoms with Gasteiger partial charge in [-0.3, -0.25) is 11.3 Å². The van der Waals surface area contributed by atoms with Gasteiger partial charge in [-0.05, 0) is 42.2 Å². The average Bonchev–Trinajstić information content (AvgIpc) is 2.49. The topological polar surface area (TPSA) is 47.3 Å². The van der Waals surface area contributed by atoms with Gasteiger partial charge in [0.2, 0.25) is 0 Å². The van der Waals surface area contributed by atoms with Crippen molar-refractivity contribution in [2.45, 2.75) is 19.4 Å². The third-order valence-corrected chi connectivity index (χ3v) is 3.91. The van der Waals surface area contributed by atoms with Gasteiger partial charge in [-0.15, -0.1) is 0 Å². The van der Waals surface area contributed by atoms with Crippen LogP contribution in [-0.4, -0.2) is 7.11 Å². The lowest BCUT2D eigenvalue weighted by Crippen LogP contribution is -2.29. The Morgan fingerprint density at radius 3 is 2.76 bits per heavy atom. The Bertz CT molecular complexity index is 634. The van der Waals surface area contributed by atoms with E-state index in [0.717, 1.165) is 16.9 Å². The molecule has 0 radical (unpaired) electrons. The summed E-state index contributed by atoms with van der Waals surface area (Å²) in [5, 5.41) is 0.136. The Balaban J connectivity index is 2.30. The summed E-state index contributed by atoms with van der Waals surface area (Å²) in [6, 6.07) is 10.4. The number of hydrogen-bond donors (Lipinski definition) is 2. The molecule has 1 atom stereocenters. The summed E-state index contributed by atoms with van der Waals surface area (Å²) < 4.78 is 18.8. The molecule has 1 unspecified atom stereocenters. The van der Waals surface area contributed by atoms with Crippen LogP contribution in [0.15, 0.2) is 36.4 Å². The third-order valence-electron chi connectivity index (χ3n) is 3.49. The van der Waals surface area contributed by atoms with E-state index in [1.165, 1.54) is 6.07 Å². The van der Waals surface area contributed by atoms with Crippen molar-refractivity contribution in [1.82, 2.24) is 5.43 Å². The van der Waals surface area contributed by atoms with Gasteiger partial charge in [0, 0.05) is 0 Å². The largest absolute Gasteiger partial charge is 0.496 e. The maximum absolute atomic E-state index is 13.5. The Kier molecular flexibility index (Phi) is 5.17. The number of nitrogens with one attached hydrogen (secondary N) is 1. The molecule has 0 amide bonds. The normalized spacial score (nSPS) is 12.2. The summed E-state index contributed by atoms with van der Waals surface area (Å²) in [6.45, 7) is 1.97. The fraction of sp³-hybridized carbons (Fsp3) is 0.250. The number of hydrazine groups is 1. The zero-order valence-electron chi connectivity index (χ0n) is 12.0. The highest BCUT2D eigenvalue weighted by Gasteiger charge is 2.15. The minimum absolute atomic E-state index is 0.136. The standard InChI is InChI=1S/C16H18ClFN2O/c1-10-6-7-11(9-15(10)21-2)14(20-19)8-12-4-3-5-13(18)16(12)17/h3-7,9,14,20H,8,19H2,1-2H3. The van der Waals surface area contributed by atoms with Gasteiger partial charge >= 0.3 is 0 Å². The van der Waals surface area contributed by atoms with Gasteiger partial charge in [-0.2, -0.15) is 0 Å². The lowest BCUT2D eigenvalue weighted by molar-refractivity contribution is 0.410. The van der Waals surface area contributed by atoms with Crippen LogP contribution in [0.5, 0.6) is 5.75 Å². The van der Waals surface area contributed by atoms with E-state index < -0.39 is 5.82 Å². The number of ether oxygens (including phenoxy) is 1. The molecule has 21 heavy (non-hydrogen) atoms. The number of hydrogen-bond acceptors (Lipinski definition) is 3. The fourth-order valence-electron chi connectivity index (χ4n) is 2.25. The number of rotatable bonds is 5. The highest BCUT2D eigenvalue weighted by atomic mass is 35.5. The average molecular weight is 309 g/mol. The Morgan fingerprint density at radius 2 is 2.10 bits per heavy atom. The van der Waals surface area contributed by atoms with E-state index in [1.807, 2.05) is 25.1 Å². The molecule has 0 aliphatic heterocycles. The zero-order valence-corrected chi connectivity index (χ0v) is 12.7. The summed E-state index contributed by atoms with van der Waals surface area (Å²) >= 11 is 6.00. The number of methoxy groups -OCH3 is 1. The molecule has 0 saturated carbocycles. The maximum atomic E-state index is 13.5. The van der Waals surface area contributed by atoms with Crippen LogP contribution in [0, 0.1) is 12.7 Å². The SMILES string of the molecule is COc1cc(C(Cc2cccc(F)c2Cl)NN)ccc1C. The maximum Gasteiger partial charge on any atom is 0.142 e. The zero-order chi connectivity index (χ0) is 15.4. The van der Waals surface area contributed by atoms with Crippen molar-refractivity contribution in [3.05, 3.63) is 63.9 Å². The van der Waals surface area contributed by atoms with Crippen LogP contribution in [0.4, 0.5) is 4.39 Å². The molecule has 2 aromatic rings. The molecule has 0 saturated heterocycles. The van der Waals surface area contributed by atoms with Gasteiger partial charge in [-0.1, -0.05) is 35.9 Å². The van der Waals surface area contributed by atoms with E-state index in [2.05, 4.69) is 5.43 Å². The summed E-state index contributed by atoms with van der Waals surface area (Å²) in [7, 11) is 1.63. The number of benzene rings is 2. The molecule has 0 aliphatic carbocycles. The number of halogens is 2. The minimum atomic E-state index is -0.425. The van der Waals surface area contributed by atoms with Crippen molar-refractivity contribution in [3.63, 3.8) is 0 Å². The van der Waals surface area contributed by atoms with E-state index >= 15 is 0 Å². The van der Waals surface area contributed by atoms with Crippen molar-refractivity contribution in [2.24, 2.45) is 5.84 Å². The first kappa shape index (κ1) is 15.8. The van der Waals surface area contributed by atoms with E-state index in [9.17, 15) is 4.39 Å². The monoisotopic (exact) mass is 308 g/mol. The van der Waals surface area contributed by atoms with Crippen LogP contribution in [0.2, 0.25) is 5.02 Å². The molecule has 3 nitrogen and oxygen atoms in total. The molecule has 0 bridgehead atoms. The highest BCUT2D eigenvalue weighted by Crippen LogP contribution is 2.28. The van der Waals surface area contributed by atoms with Crippen LogP contribution < -0.4 is 16.0 Å². The predicted octanol–water partition coefficient (Wildman–Crippen LogP) is 3.54. The Morgan fingerprint density at radius 1 is 1.33 bits per heavy atom. The van der Waals surface area contributed by atoms with Crippen LogP contribution >= 0.6 is 11.6 Å². The molecule has 5 heteroatoms. The van der Waals surface area contributed by atoms with Crippen LogP contribution in [-0.2, 0) is 6.42 Å². The summed E-state index contributed by atoms with van der Waals surface area (Å²) in [5.41, 5.74) is 5.46. The van der Waals surface area contributed by atoms with E-state index in [0.29, 0.717) is 12.0 Å². The highest BCUT2D eigenvalue weighted by molar-refractivity contribution is 6.31. The summed E-state index contributed by atoms with van der Waals surface area (Å²) in [6.07, 6.45) is 0.485. The van der Waals surface area contributed by atoms with Crippen molar-refractivity contribution >= 4 is 11.6 Å². The van der Waals surface area contributed by atoms with Gasteiger partial charge in [0.15, 0.2) is 0 Å². The van der Waals surface area contributed by atoms with Gasteiger partial charge in [0.05, 0.1) is 18.2 Å². The minimum Gasteiger partial charge on any atom is -0.496 e. The van der Waals surface area contributed by atoms with Crippen LogP contribution in [0.25, 0.3) is 0 Å². The van der Waals surface area contributed by atoms with Crippen molar-refractivity contribution in [2.75, 3.05) is 7.11 Å².